The number of benzene rings is 1. The molecule has 4 rings (SSSR count). The minimum Gasteiger partial charge on any atom is -0.300 e. The molecule has 1 saturated carbocycles. The van der Waals surface area contributed by atoms with Gasteiger partial charge in [-0.05, 0) is 42.2 Å². The van der Waals surface area contributed by atoms with Gasteiger partial charge in [0.05, 0.1) is 0 Å². The molecule has 1 aromatic carbocycles. The molecule has 0 aromatic heterocycles. The maximum atomic E-state index is 3.67. The first-order chi connectivity index (χ1) is 10.8. The van der Waals surface area contributed by atoms with Crippen molar-refractivity contribution < 1.29 is 0 Å². The van der Waals surface area contributed by atoms with Crippen LogP contribution in [0.15, 0.2) is 40.9 Å². The zero-order chi connectivity index (χ0) is 14.9. The molecular weight excluding hydrogens is 336 g/mol. The highest BCUT2D eigenvalue weighted by Crippen LogP contribution is 2.43. The Bertz CT molecular complexity index is 548. The molecule has 22 heavy (non-hydrogen) atoms. The van der Waals surface area contributed by atoms with E-state index < -0.39 is 0 Å². The summed E-state index contributed by atoms with van der Waals surface area (Å²) in [5.41, 5.74) is 1.41. The van der Waals surface area contributed by atoms with E-state index in [-0.39, 0.29) is 0 Å². The van der Waals surface area contributed by atoms with Gasteiger partial charge in [-0.3, -0.25) is 4.90 Å². The summed E-state index contributed by atoms with van der Waals surface area (Å²) in [6.45, 7) is 7.29. The highest BCUT2D eigenvalue weighted by atomic mass is 79.9. The number of hydrogen-bond acceptors (Lipinski definition) is 2. The molecule has 3 atom stereocenters. The van der Waals surface area contributed by atoms with Crippen molar-refractivity contribution in [2.45, 2.75) is 19.4 Å². The van der Waals surface area contributed by atoms with Crippen LogP contribution in [0.2, 0.25) is 0 Å². The van der Waals surface area contributed by atoms with Crippen molar-refractivity contribution in [2.75, 3.05) is 32.7 Å². The fraction of sp³-hybridized carbons (Fsp3) is 0.579. The van der Waals surface area contributed by atoms with Gasteiger partial charge in [0, 0.05) is 43.7 Å². The van der Waals surface area contributed by atoms with Crippen LogP contribution in [0.25, 0.3) is 0 Å². The summed E-state index contributed by atoms with van der Waals surface area (Å²) in [5, 5.41) is 0. The first-order valence-corrected chi connectivity index (χ1v) is 9.43. The Kier molecular flexibility index (Phi) is 4.38. The van der Waals surface area contributed by atoms with Crippen molar-refractivity contribution in [3.63, 3.8) is 0 Å². The van der Waals surface area contributed by atoms with Gasteiger partial charge in [0.1, 0.15) is 0 Å². The van der Waals surface area contributed by atoms with Crippen LogP contribution in [-0.2, 0) is 6.54 Å². The van der Waals surface area contributed by atoms with Crippen LogP contribution in [0.3, 0.4) is 0 Å². The molecule has 1 aliphatic heterocycles. The van der Waals surface area contributed by atoms with Gasteiger partial charge in [0.2, 0.25) is 0 Å². The minimum absolute atomic E-state index is 0.892. The third-order valence-electron chi connectivity index (χ3n) is 5.73. The van der Waals surface area contributed by atoms with Gasteiger partial charge >= 0.3 is 0 Å². The molecule has 0 radical (unpaired) electrons. The van der Waals surface area contributed by atoms with Gasteiger partial charge in [0.25, 0.3) is 0 Å². The highest BCUT2D eigenvalue weighted by Gasteiger charge is 2.36. The molecule has 118 valence electrons. The van der Waals surface area contributed by atoms with Crippen LogP contribution in [-0.4, -0.2) is 42.5 Å². The fourth-order valence-electron chi connectivity index (χ4n) is 4.43. The Hall–Kier alpha value is -0.640. The van der Waals surface area contributed by atoms with Crippen LogP contribution in [0, 0.1) is 17.8 Å². The monoisotopic (exact) mass is 360 g/mol. The van der Waals surface area contributed by atoms with Crippen LogP contribution in [0.1, 0.15) is 18.4 Å². The number of piperazine rings is 1. The molecule has 2 bridgehead atoms. The van der Waals surface area contributed by atoms with Crippen LogP contribution in [0.4, 0.5) is 0 Å². The Morgan fingerprint density at radius 2 is 1.73 bits per heavy atom. The highest BCUT2D eigenvalue weighted by molar-refractivity contribution is 9.10. The zero-order valence-corrected chi connectivity index (χ0v) is 14.7. The molecule has 2 aliphatic carbocycles. The van der Waals surface area contributed by atoms with E-state index in [0.29, 0.717) is 0 Å². The van der Waals surface area contributed by atoms with E-state index in [0.717, 1.165) is 24.3 Å². The van der Waals surface area contributed by atoms with Gasteiger partial charge in [-0.2, -0.15) is 0 Å². The lowest BCUT2D eigenvalue weighted by Crippen LogP contribution is -2.47. The van der Waals surface area contributed by atoms with E-state index in [4.69, 9.17) is 0 Å². The predicted molar refractivity (Wildman–Crippen MR) is 94.7 cm³/mol. The topological polar surface area (TPSA) is 6.48 Å². The molecule has 1 heterocycles. The van der Waals surface area contributed by atoms with Gasteiger partial charge in [0.15, 0.2) is 0 Å². The van der Waals surface area contributed by atoms with Gasteiger partial charge < -0.3 is 4.90 Å². The summed E-state index contributed by atoms with van der Waals surface area (Å²) in [6, 6.07) is 8.61. The molecule has 0 amide bonds. The number of allylic oxidation sites excluding steroid dienone is 2. The molecule has 0 unspecified atom stereocenters. The van der Waals surface area contributed by atoms with E-state index in [1.807, 2.05) is 0 Å². The predicted octanol–water partition coefficient (Wildman–Crippen LogP) is 3.78. The quantitative estimate of drug-likeness (QED) is 0.753. The van der Waals surface area contributed by atoms with Crippen molar-refractivity contribution in [2.24, 2.45) is 17.8 Å². The van der Waals surface area contributed by atoms with Crippen LogP contribution in [0.5, 0.6) is 0 Å². The Balaban J connectivity index is 1.26. The van der Waals surface area contributed by atoms with Crippen LogP contribution < -0.4 is 0 Å². The minimum atomic E-state index is 0.892. The summed E-state index contributed by atoms with van der Waals surface area (Å²) in [6.07, 6.45) is 7.82. The lowest BCUT2D eigenvalue weighted by Gasteiger charge is -2.37. The Morgan fingerprint density at radius 3 is 2.41 bits per heavy atom. The molecule has 0 N–H and O–H groups in total. The van der Waals surface area contributed by atoms with Crippen LogP contribution >= 0.6 is 15.9 Å². The third kappa shape index (κ3) is 3.17. The molecule has 0 spiro atoms. The molecule has 2 fully saturated rings. The third-order valence-corrected chi connectivity index (χ3v) is 6.50. The van der Waals surface area contributed by atoms with E-state index in [1.54, 1.807) is 0 Å². The number of halogens is 1. The summed E-state index contributed by atoms with van der Waals surface area (Å²) in [4.78, 5) is 5.30. The summed E-state index contributed by atoms with van der Waals surface area (Å²) < 4.78 is 1.24. The number of fused-ring (bicyclic) bond motifs is 2. The first kappa shape index (κ1) is 14.9. The van der Waals surface area contributed by atoms with Gasteiger partial charge in [-0.25, -0.2) is 0 Å². The molecule has 3 heteroatoms. The maximum Gasteiger partial charge on any atom is 0.0246 e. The Morgan fingerprint density at radius 1 is 0.955 bits per heavy atom. The van der Waals surface area contributed by atoms with Crippen molar-refractivity contribution in [3.05, 3.63) is 46.5 Å². The van der Waals surface area contributed by atoms with Gasteiger partial charge in [-0.15, -0.1) is 0 Å². The van der Waals surface area contributed by atoms with Crippen molar-refractivity contribution in [3.8, 4) is 0 Å². The largest absolute Gasteiger partial charge is 0.300 e. The number of hydrogen-bond donors (Lipinski definition) is 0. The van der Waals surface area contributed by atoms with Gasteiger partial charge in [-0.1, -0.05) is 46.3 Å². The maximum absolute atomic E-state index is 3.67. The summed E-state index contributed by atoms with van der Waals surface area (Å²) >= 11 is 3.67. The standard InChI is InChI=1S/C19H25BrN2/c20-19-4-2-1-3-17(19)13-21-7-9-22(10-8-21)14-18-12-15-5-6-16(18)11-15/h1-6,15-16,18H,7-14H2/t15-,16-,18+/m0/s1. The van der Waals surface area contributed by atoms with E-state index in [1.165, 1.54) is 55.6 Å². The summed E-state index contributed by atoms with van der Waals surface area (Å²) in [5.74, 6) is 2.74. The molecular formula is C19H25BrN2. The second-order valence-electron chi connectivity index (χ2n) is 7.21. The number of nitrogens with zero attached hydrogens (tertiary/aromatic N) is 2. The first-order valence-electron chi connectivity index (χ1n) is 8.64. The van der Waals surface area contributed by atoms with E-state index in [9.17, 15) is 0 Å². The Labute approximate surface area is 142 Å². The smallest absolute Gasteiger partial charge is 0.0246 e. The fourth-order valence-corrected chi connectivity index (χ4v) is 4.84. The second-order valence-corrected chi connectivity index (χ2v) is 8.06. The summed E-state index contributed by atoms with van der Waals surface area (Å²) in [7, 11) is 0. The van der Waals surface area contributed by atoms with Crippen molar-refractivity contribution in [1.29, 1.82) is 0 Å². The average Bonchev–Trinajstić information content (AvgIpc) is 3.14. The molecule has 2 nitrogen and oxygen atoms in total. The number of rotatable bonds is 4. The molecule has 1 aromatic rings. The molecule has 1 saturated heterocycles. The normalized spacial score (nSPS) is 32.0. The SMILES string of the molecule is Brc1ccccc1CN1CCN(C[C@H]2C[C@H]3C=C[C@H]2C3)CC1. The van der Waals surface area contributed by atoms with E-state index in [2.05, 4.69) is 62.1 Å². The average molecular weight is 361 g/mol. The van der Waals surface area contributed by atoms with E-state index >= 15 is 0 Å². The lowest BCUT2D eigenvalue weighted by molar-refractivity contribution is 0.108. The zero-order valence-electron chi connectivity index (χ0n) is 13.1. The van der Waals surface area contributed by atoms with Crippen molar-refractivity contribution in [1.82, 2.24) is 9.80 Å². The second kappa shape index (κ2) is 6.46. The lowest BCUT2D eigenvalue weighted by atomic mass is 9.93. The molecule has 3 aliphatic rings. The van der Waals surface area contributed by atoms with Crippen molar-refractivity contribution >= 4 is 15.9 Å².